The van der Waals surface area contributed by atoms with Crippen molar-refractivity contribution >= 4 is 41.7 Å². The molecule has 2 aromatic rings. The second-order valence-corrected chi connectivity index (χ2v) is 8.80. The molecule has 1 heterocycles. The highest BCUT2D eigenvalue weighted by atomic mass is 127. The normalized spacial score (nSPS) is 11.4. The lowest BCUT2D eigenvalue weighted by molar-refractivity contribution is 0.313. The van der Waals surface area contributed by atoms with Crippen LogP contribution in [-0.4, -0.2) is 47.2 Å². The van der Waals surface area contributed by atoms with Gasteiger partial charge in [-0.25, -0.2) is 0 Å². The van der Waals surface area contributed by atoms with Gasteiger partial charge < -0.3 is 19.9 Å². The van der Waals surface area contributed by atoms with Gasteiger partial charge in [0, 0.05) is 38.7 Å². The van der Waals surface area contributed by atoms with Crippen molar-refractivity contribution in [1.82, 2.24) is 25.4 Å². The number of hydrogen-bond donors (Lipinski definition) is 2. The lowest BCUT2D eigenvalue weighted by atomic mass is 10.1. The lowest BCUT2D eigenvalue weighted by Crippen LogP contribution is -2.37. The van der Waals surface area contributed by atoms with Crippen LogP contribution in [0.25, 0.3) is 0 Å². The predicted molar refractivity (Wildman–Crippen MR) is 146 cm³/mol. The van der Waals surface area contributed by atoms with E-state index in [0.717, 1.165) is 67.2 Å². The van der Waals surface area contributed by atoms with E-state index < -0.39 is 0 Å². The predicted octanol–water partition coefficient (Wildman–Crippen LogP) is 4.67. The van der Waals surface area contributed by atoms with Crippen molar-refractivity contribution in [2.75, 3.05) is 26.5 Å². The fraction of sp³-hybridized carbons (Fsp3) is 0.609. The van der Waals surface area contributed by atoms with Crippen LogP contribution in [0.2, 0.25) is 0 Å². The van der Waals surface area contributed by atoms with Gasteiger partial charge >= 0.3 is 0 Å². The van der Waals surface area contributed by atoms with Crippen LogP contribution in [0.3, 0.4) is 0 Å². The molecular weight excluding hydrogens is 535 g/mol. The summed E-state index contributed by atoms with van der Waals surface area (Å²) in [5.41, 5.74) is 2.33. The molecular formula is C23H39IN6OS. The van der Waals surface area contributed by atoms with E-state index in [-0.39, 0.29) is 24.0 Å². The number of aryl methyl sites for hydroxylation is 2. The molecule has 180 valence electrons. The van der Waals surface area contributed by atoms with Crippen LogP contribution < -0.4 is 15.4 Å². The molecule has 32 heavy (non-hydrogen) atoms. The van der Waals surface area contributed by atoms with Crippen LogP contribution in [0.1, 0.15) is 50.6 Å². The van der Waals surface area contributed by atoms with Gasteiger partial charge in [-0.2, -0.15) is 0 Å². The zero-order chi connectivity index (χ0) is 22.6. The molecule has 0 amide bonds. The van der Waals surface area contributed by atoms with Gasteiger partial charge in [0.1, 0.15) is 11.6 Å². The minimum absolute atomic E-state index is 0. The van der Waals surface area contributed by atoms with E-state index in [1.807, 2.05) is 0 Å². The van der Waals surface area contributed by atoms with E-state index in [1.165, 1.54) is 5.56 Å². The van der Waals surface area contributed by atoms with Crippen LogP contribution in [0.15, 0.2) is 28.3 Å². The molecule has 0 fully saturated rings. The minimum atomic E-state index is 0. The van der Waals surface area contributed by atoms with E-state index >= 15 is 0 Å². The molecule has 7 nitrogen and oxygen atoms in total. The molecule has 1 aromatic carbocycles. The number of benzene rings is 1. The summed E-state index contributed by atoms with van der Waals surface area (Å²) in [7, 11) is 1.79. The number of guanidine groups is 1. The van der Waals surface area contributed by atoms with Gasteiger partial charge in [0.05, 0.1) is 6.61 Å². The molecule has 0 aliphatic rings. The van der Waals surface area contributed by atoms with Crippen LogP contribution in [0.4, 0.5) is 0 Å². The number of aromatic nitrogens is 3. The summed E-state index contributed by atoms with van der Waals surface area (Å²) in [6, 6.07) is 6.33. The van der Waals surface area contributed by atoms with Crippen LogP contribution in [-0.2, 0) is 19.5 Å². The number of ether oxygens (including phenoxy) is 1. The average molecular weight is 575 g/mol. The molecule has 0 bridgehead atoms. The van der Waals surface area contributed by atoms with Crippen molar-refractivity contribution in [3.63, 3.8) is 0 Å². The third kappa shape index (κ3) is 9.17. The van der Waals surface area contributed by atoms with Gasteiger partial charge in [0.25, 0.3) is 0 Å². The van der Waals surface area contributed by atoms with Crippen molar-refractivity contribution in [3.8, 4) is 5.75 Å². The summed E-state index contributed by atoms with van der Waals surface area (Å²) in [6.07, 6.45) is 4.89. The molecule has 2 rings (SSSR count). The Kier molecular flexibility index (Phi) is 13.7. The van der Waals surface area contributed by atoms with Gasteiger partial charge in [-0.3, -0.25) is 4.99 Å². The molecule has 0 aliphatic heterocycles. The highest BCUT2D eigenvalue weighted by Crippen LogP contribution is 2.20. The molecule has 9 heteroatoms. The number of aliphatic imine (C=N–C) groups is 1. The third-order valence-corrected chi connectivity index (χ3v) is 5.41. The number of hydrogen-bond acceptors (Lipinski definition) is 5. The third-order valence-electron chi connectivity index (χ3n) is 4.75. The number of nitrogens with one attached hydrogen (secondary N) is 2. The minimum Gasteiger partial charge on any atom is -0.493 e. The average Bonchev–Trinajstić information content (AvgIpc) is 3.13. The standard InChI is InChI=1S/C23H38N6OS.HI/c1-7-13-30-20-14-18(4)10-11-19(20)15-26-22(24-5)25-12-8-9-21-27-28-23(31-6)29(21)16-17(2)3;/h10-11,14,17H,7-9,12-13,15-16H2,1-6H3,(H2,24,25,26);1H. The Balaban J connectivity index is 0.00000512. The van der Waals surface area contributed by atoms with Gasteiger partial charge in [-0.1, -0.05) is 44.7 Å². The lowest BCUT2D eigenvalue weighted by Gasteiger charge is -2.15. The maximum absolute atomic E-state index is 5.91. The quantitative estimate of drug-likeness (QED) is 0.126. The Morgan fingerprint density at radius 3 is 2.69 bits per heavy atom. The fourth-order valence-corrected chi connectivity index (χ4v) is 3.73. The Morgan fingerprint density at radius 2 is 2.03 bits per heavy atom. The Hall–Kier alpha value is -1.49. The highest BCUT2D eigenvalue weighted by molar-refractivity contribution is 14.0. The number of rotatable bonds is 12. The van der Waals surface area contributed by atoms with Crippen molar-refractivity contribution in [3.05, 3.63) is 35.2 Å². The zero-order valence-corrected chi connectivity index (χ0v) is 23.4. The van der Waals surface area contributed by atoms with Crippen LogP contribution in [0, 0.1) is 12.8 Å². The van der Waals surface area contributed by atoms with Crippen molar-refractivity contribution in [2.24, 2.45) is 10.9 Å². The van der Waals surface area contributed by atoms with Gasteiger partial charge in [0.2, 0.25) is 0 Å². The second-order valence-electron chi connectivity index (χ2n) is 8.02. The molecule has 1 aromatic heterocycles. The van der Waals surface area contributed by atoms with Crippen molar-refractivity contribution < 1.29 is 4.74 Å². The van der Waals surface area contributed by atoms with Crippen molar-refractivity contribution in [2.45, 2.75) is 65.2 Å². The molecule has 0 aliphatic carbocycles. The monoisotopic (exact) mass is 574 g/mol. The Morgan fingerprint density at radius 1 is 1.25 bits per heavy atom. The SMILES string of the molecule is CCCOc1cc(C)ccc1CNC(=NC)NCCCc1nnc(SC)n1CC(C)C.I. The summed E-state index contributed by atoms with van der Waals surface area (Å²) in [5.74, 6) is 3.35. The van der Waals surface area contributed by atoms with E-state index in [1.54, 1.807) is 18.8 Å². The molecule has 0 spiro atoms. The fourth-order valence-electron chi connectivity index (χ4n) is 3.21. The number of halogens is 1. The van der Waals surface area contributed by atoms with E-state index in [4.69, 9.17) is 4.74 Å². The molecule has 0 unspecified atom stereocenters. The van der Waals surface area contributed by atoms with E-state index in [9.17, 15) is 0 Å². The summed E-state index contributed by atoms with van der Waals surface area (Å²) in [4.78, 5) is 4.35. The summed E-state index contributed by atoms with van der Waals surface area (Å²) in [5, 5.41) is 16.5. The highest BCUT2D eigenvalue weighted by Gasteiger charge is 2.12. The Labute approximate surface area is 214 Å². The van der Waals surface area contributed by atoms with E-state index in [0.29, 0.717) is 12.5 Å². The second kappa shape index (κ2) is 15.4. The maximum atomic E-state index is 5.91. The van der Waals surface area contributed by atoms with Crippen molar-refractivity contribution in [1.29, 1.82) is 0 Å². The first-order valence-corrected chi connectivity index (χ1v) is 12.3. The molecule has 0 saturated heterocycles. The topological polar surface area (TPSA) is 76.4 Å². The summed E-state index contributed by atoms with van der Waals surface area (Å²) < 4.78 is 8.16. The van der Waals surface area contributed by atoms with E-state index in [2.05, 4.69) is 82.5 Å². The largest absolute Gasteiger partial charge is 0.493 e. The molecule has 0 radical (unpaired) electrons. The molecule has 2 N–H and O–H groups in total. The zero-order valence-electron chi connectivity index (χ0n) is 20.3. The van der Waals surface area contributed by atoms with Gasteiger partial charge in [0.15, 0.2) is 11.1 Å². The summed E-state index contributed by atoms with van der Waals surface area (Å²) in [6.45, 7) is 11.8. The summed E-state index contributed by atoms with van der Waals surface area (Å²) >= 11 is 1.65. The number of thioether (sulfide) groups is 1. The first-order chi connectivity index (χ1) is 15.0. The maximum Gasteiger partial charge on any atom is 0.191 e. The molecule has 0 atom stereocenters. The van der Waals surface area contributed by atoms with Gasteiger partial charge in [-0.05, 0) is 43.6 Å². The first kappa shape index (κ1) is 28.5. The number of nitrogens with zero attached hydrogens (tertiary/aromatic N) is 4. The van der Waals surface area contributed by atoms with Crippen LogP contribution >= 0.6 is 35.7 Å². The Bertz CT molecular complexity index is 840. The van der Waals surface area contributed by atoms with Crippen LogP contribution in [0.5, 0.6) is 5.75 Å². The smallest absolute Gasteiger partial charge is 0.191 e. The first-order valence-electron chi connectivity index (χ1n) is 11.1. The molecule has 0 saturated carbocycles. The van der Waals surface area contributed by atoms with Gasteiger partial charge in [-0.15, -0.1) is 34.2 Å².